The maximum absolute atomic E-state index is 12.0. The van der Waals surface area contributed by atoms with Crippen molar-refractivity contribution in [3.8, 4) is 6.07 Å². The highest BCUT2D eigenvalue weighted by atomic mass is 16.4. The van der Waals surface area contributed by atoms with Gasteiger partial charge in [-0.05, 0) is 49.9 Å². The zero-order valence-electron chi connectivity index (χ0n) is 10.5. The molecule has 1 aromatic carbocycles. The molecule has 5 heteroatoms. The summed E-state index contributed by atoms with van der Waals surface area (Å²) in [5.41, 5.74) is -0.405. The first kappa shape index (κ1) is 13.1. The Morgan fingerprint density at radius 3 is 2.37 bits per heavy atom. The zero-order valence-corrected chi connectivity index (χ0v) is 10.5. The smallest absolute Gasteiger partial charge is 0.329 e. The van der Waals surface area contributed by atoms with Crippen LogP contribution in [0.1, 0.15) is 35.7 Å². The van der Waals surface area contributed by atoms with Crippen molar-refractivity contribution in [1.29, 1.82) is 5.26 Å². The number of amides is 1. The topological polar surface area (TPSA) is 90.2 Å². The second-order valence-corrected chi connectivity index (χ2v) is 4.93. The van der Waals surface area contributed by atoms with E-state index in [2.05, 4.69) is 5.32 Å². The lowest BCUT2D eigenvalue weighted by molar-refractivity contribution is -0.144. The fourth-order valence-corrected chi connectivity index (χ4v) is 1.99. The van der Waals surface area contributed by atoms with Crippen molar-refractivity contribution in [3.63, 3.8) is 0 Å². The number of carboxylic acid groups (broad SMARTS) is 1. The Bertz CT molecular complexity index is 555. The van der Waals surface area contributed by atoms with Gasteiger partial charge in [0.05, 0.1) is 11.6 Å². The summed E-state index contributed by atoms with van der Waals surface area (Å²) in [5, 5.41) is 20.5. The Kier molecular flexibility index (Phi) is 3.26. The minimum Gasteiger partial charge on any atom is -0.480 e. The second-order valence-electron chi connectivity index (χ2n) is 4.93. The summed E-state index contributed by atoms with van der Waals surface area (Å²) in [4.78, 5) is 23.4. The third kappa shape index (κ3) is 2.58. The number of rotatable bonds is 4. The summed E-state index contributed by atoms with van der Waals surface area (Å²) < 4.78 is 0. The van der Waals surface area contributed by atoms with E-state index in [-0.39, 0.29) is 5.92 Å². The number of nitrogens with one attached hydrogen (secondary N) is 1. The van der Waals surface area contributed by atoms with Crippen molar-refractivity contribution in [1.82, 2.24) is 5.32 Å². The Hall–Kier alpha value is -2.35. The largest absolute Gasteiger partial charge is 0.480 e. The molecule has 1 aromatic rings. The van der Waals surface area contributed by atoms with Gasteiger partial charge in [0.15, 0.2) is 0 Å². The maximum Gasteiger partial charge on any atom is 0.329 e. The predicted octanol–water partition coefficient (Wildman–Crippen LogP) is 1.54. The van der Waals surface area contributed by atoms with Gasteiger partial charge >= 0.3 is 5.97 Å². The van der Waals surface area contributed by atoms with Gasteiger partial charge < -0.3 is 10.4 Å². The molecule has 0 aliphatic heterocycles. The van der Waals surface area contributed by atoms with Gasteiger partial charge in [-0.2, -0.15) is 5.26 Å². The summed E-state index contributed by atoms with van der Waals surface area (Å²) >= 11 is 0. The Morgan fingerprint density at radius 1 is 1.37 bits per heavy atom. The summed E-state index contributed by atoms with van der Waals surface area (Å²) in [5.74, 6) is -1.45. The van der Waals surface area contributed by atoms with Crippen molar-refractivity contribution >= 4 is 11.9 Å². The monoisotopic (exact) mass is 258 g/mol. The lowest BCUT2D eigenvalue weighted by Gasteiger charge is -2.26. The number of nitrogens with zero attached hydrogens (tertiary/aromatic N) is 1. The molecule has 1 fully saturated rings. The van der Waals surface area contributed by atoms with E-state index in [9.17, 15) is 14.7 Å². The number of carbonyl (C=O) groups excluding carboxylic acids is 1. The van der Waals surface area contributed by atoms with Crippen LogP contribution in [-0.4, -0.2) is 22.5 Å². The average molecular weight is 258 g/mol. The van der Waals surface area contributed by atoms with Crippen molar-refractivity contribution in [2.45, 2.75) is 25.3 Å². The van der Waals surface area contributed by atoms with E-state index in [0.29, 0.717) is 11.1 Å². The molecule has 1 amide bonds. The fraction of sp³-hybridized carbons (Fsp3) is 0.357. The molecule has 2 N–H and O–H groups in total. The van der Waals surface area contributed by atoms with Gasteiger partial charge in [-0.15, -0.1) is 0 Å². The third-order valence-electron chi connectivity index (χ3n) is 3.49. The van der Waals surface area contributed by atoms with Crippen molar-refractivity contribution in [2.75, 3.05) is 0 Å². The van der Waals surface area contributed by atoms with Crippen LogP contribution in [0.15, 0.2) is 24.3 Å². The van der Waals surface area contributed by atoms with Crippen LogP contribution in [0.25, 0.3) is 0 Å². The summed E-state index contributed by atoms with van der Waals surface area (Å²) in [6.45, 7) is 1.54. The number of benzene rings is 1. The molecule has 1 unspecified atom stereocenters. The van der Waals surface area contributed by atoms with Crippen LogP contribution >= 0.6 is 0 Å². The molecular formula is C14H14N2O3. The van der Waals surface area contributed by atoms with Crippen LogP contribution in [0.5, 0.6) is 0 Å². The van der Waals surface area contributed by atoms with Gasteiger partial charge in [0.2, 0.25) is 0 Å². The normalized spacial score (nSPS) is 17.1. The molecule has 0 bridgehead atoms. The maximum atomic E-state index is 12.0. The van der Waals surface area contributed by atoms with E-state index >= 15 is 0 Å². The summed E-state index contributed by atoms with van der Waals surface area (Å²) in [7, 11) is 0. The number of hydrogen-bond donors (Lipinski definition) is 2. The minimum atomic E-state index is -1.22. The predicted molar refractivity (Wildman–Crippen MR) is 67.4 cm³/mol. The fourth-order valence-electron chi connectivity index (χ4n) is 1.99. The molecule has 19 heavy (non-hydrogen) atoms. The van der Waals surface area contributed by atoms with Gasteiger partial charge in [0.1, 0.15) is 5.54 Å². The zero-order chi connectivity index (χ0) is 14.0. The van der Waals surface area contributed by atoms with Gasteiger partial charge in [0.25, 0.3) is 5.91 Å². The quantitative estimate of drug-likeness (QED) is 0.857. The molecule has 5 nitrogen and oxygen atoms in total. The molecule has 1 aliphatic rings. The van der Waals surface area contributed by atoms with Gasteiger partial charge in [0, 0.05) is 5.56 Å². The van der Waals surface area contributed by atoms with E-state index in [1.165, 1.54) is 31.2 Å². The molecule has 98 valence electrons. The van der Waals surface area contributed by atoms with Crippen molar-refractivity contribution in [2.24, 2.45) is 5.92 Å². The highest BCUT2D eigenvalue weighted by Gasteiger charge is 2.48. The van der Waals surface area contributed by atoms with Crippen molar-refractivity contribution < 1.29 is 14.7 Å². The first-order valence-electron chi connectivity index (χ1n) is 6.03. The number of hydrogen-bond acceptors (Lipinski definition) is 3. The van der Waals surface area contributed by atoms with Gasteiger partial charge in [-0.3, -0.25) is 4.79 Å². The van der Waals surface area contributed by atoms with Crippen LogP contribution in [0.2, 0.25) is 0 Å². The Labute approximate surface area is 110 Å². The summed E-state index contributed by atoms with van der Waals surface area (Å²) in [6, 6.07) is 8.06. The van der Waals surface area contributed by atoms with E-state index in [1.807, 2.05) is 6.07 Å². The first-order chi connectivity index (χ1) is 8.97. The number of carboxylic acids is 1. The molecule has 0 saturated heterocycles. The van der Waals surface area contributed by atoms with Crippen LogP contribution < -0.4 is 5.32 Å². The first-order valence-corrected chi connectivity index (χ1v) is 6.03. The highest BCUT2D eigenvalue weighted by Crippen LogP contribution is 2.39. The summed E-state index contributed by atoms with van der Waals surface area (Å²) in [6.07, 6.45) is 1.63. The average Bonchev–Trinajstić information content (AvgIpc) is 3.23. The second kappa shape index (κ2) is 4.73. The molecule has 0 heterocycles. The number of nitriles is 1. The van der Waals surface area contributed by atoms with E-state index in [1.54, 1.807) is 0 Å². The molecule has 0 aromatic heterocycles. The van der Waals surface area contributed by atoms with Crippen LogP contribution in [-0.2, 0) is 4.79 Å². The van der Waals surface area contributed by atoms with Crippen LogP contribution in [0, 0.1) is 17.2 Å². The van der Waals surface area contributed by atoms with Crippen LogP contribution in [0.4, 0.5) is 0 Å². The molecule has 1 atom stereocenters. The Morgan fingerprint density at radius 2 is 1.95 bits per heavy atom. The third-order valence-corrected chi connectivity index (χ3v) is 3.49. The van der Waals surface area contributed by atoms with Crippen molar-refractivity contribution in [3.05, 3.63) is 35.4 Å². The lowest BCUT2D eigenvalue weighted by atomic mass is 9.95. The van der Waals surface area contributed by atoms with E-state index in [0.717, 1.165) is 12.8 Å². The molecule has 0 radical (unpaired) electrons. The Balaban J connectivity index is 2.15. The van der Waals surface area contributed by atoms with E-state index < -0.39 is 17.4 Å². The molecule has 1 aliphatic carbocycles. The SMILES string of the molecule is CC(NC(=O)c1ccc(C#N)cc1)(C(=O)O)C1CC1. The molecule has 2 rings (SSSR count). The number of carbonyl (C=O) groups is 2. The number of aliphatic carboxylic acids is 1. The highest BCUT2D eigenvalue weighted by molar-refractivity contribution is 5.98. The lowest BCUT2D eigenvalue weighted by Crippen LogP contribution is -2.54. The van der Waals surface area contributed by atoms with Gasteiger partial charge in [-0.1, -0.05) is 0 Å². The van der Waals surface area contributed by atoms with E-state index in [4.69, 9.17) is 5.26 Å². The van der Waals surface area contributed by atoms with Crippen LogP contribution in [0.3, 0.4) is 0 Å². The molecular weight excluding hydrogens is 244 g/mol. The molecule has 1 saturated carbocycles. The standard InChI is InChI=1S/C14H14N2O3/c1-14(13(18)19,11-6-7-11)16-12(17)10-4-2-9(8-15)3-5-10/h2-5,11H,6-7H2,1H3,(H,16,17)(H,18,19). The van der Waals surface area contributed by atoms with Gasteiger partial charge in [-0.25, -0.2) is 4.79 Å². The minimum absolute atomic E-state index is 0.00710. The molecule has 0 spiro atoms.